The highest BCUT2D eigenvalue weighted by atomic mass is 79.9. The molecule has 3 N–H and O–H groups in total. The van der Waals surface area contributed by atoms with E-state index >= 15 is 0 Å². The van der Waals surface area contributed by atoms with E-state index in [1.54, 1.807) is 7.05 Å². The van der Waals surface area contributed by atoms with Crippen molar-refractivity contribution < 1.29 is 4.79 Å². The number of amides is 1. The first-order valence-corrected chi connectivity index (χ1v) is 6.92. The van der Waals surface area contributed by atoms with Crippen molar-refractivity contribution in [1.82, 2.24) is 5.32 Å². The largest absolute Gasteiger partial charge is 0.397 e. The fourth-order valence-electron chi connectivity index (χ4n) is 2.38. The van der Waals surface area contributed by atoms with Crippen molar-refractivity contribution in [3.05, 3.63) is 22.7 Å². The molecule has 0 spiro atoms. The number of rotatable bonds is 2. The van der Waals surface area contributed by atoms with Gasteiger partial charge in [-0.15, -0.1) is 0 Å². The molecule has 1 fully saturated rings. The monoisotopic (exact) mass is 311 g/mol. The number of nitrogen functional groups attached to an aromatic ring is 1. The van der Waals surface area contributed by atoms with Crippen molar-refractivity contribution in [2.24, 2.45) is 5.92 Å². The summed E-state index contributed by atoms with van der Waals surface area (Å²) in [5, 5.41) is 2.72. The number of nitrogens with one attached hydrogen (secondary N) is 1. The maximum absolute atomic E-state index is 11.6. The number of carbonyl (C=O) groups is 1. The van der Waals surface area contributed by atoms with Crippen LogP contribution in [0.2, 0.25) is 0 Å². The van der Waals surface area contributed by atoms with Gasteiger partial charge in [0, 0.05) is 30.5 Å². The van der Waals surface area contributed by atoms with Gasteiger partial charge in [-0.1, -0.05) is 15.9 Å². The first-order chi connectivity index (χ1) is 8.61. The summed E-state index contributed by atoms with van der Waals surface area (Å²) in [6.07, 6.45) is 1.76. The van der Waals surface area contributed by atoms with Crippen molar-refractivity contribution >= 4 is 33.2 Å². The molecule has 1 amide bonds. The van der Waals surface area contributed by atoms with Gasteiger partial charge in [-0.2, -0.15) is 0 Å². The van der Waals surface area contributed by atoms with Gasteiger partial charge in [0.2, 0.25) is 5.91 Å². The molecule has 1 aromatic carbocycles. The molecule has 0 aliphatic carbocycles. The van der Waals surface area contributed by atoms with Crippen LogP contribution in [0.5, 0.6) is 0 Å². The summed E-state index contributed by atoms with van der Waals surface area (Å²) in [4.78, 5) is 13.8. The maximum atomic E-state index is 11.6. The molecule has 0 bridgehead atoms. The first-order valence-electron chi connectivity index (χ1n) is 6.13. The van der Waals surface area contributed by atoms with E-state index in [-0.39, 0.29) is 11.8 Å². The lowest BCUT2D eigenvalue weighted by atomic mass is 9.95. The van der Waals surface area contributed by atoms with E-state index in [1.165, 1.54) is 0 Å². The number of carbonyl (C=O) groups excluding carboxylic acids is 1. The number of halogens is 1. The number of nitrogens with zero attached hydrogens (tertiary/aromatic N) is 1. The topological polar surface area (TPSA) is 58.4 Å². The second-order valence-electron chi connectivity index (χ2n) is 4.58. The molecule has 1 aliphatic heterocycles. The highest BCUT2D eigenvalue weighted by Gasteiger charge is 2.25. The van der Waals surface area contributed by atoms with Gasteiger partial charge in [0.15, 0.2) is 0 Å². The summed E-state index contributed by atoms with van der Waals surface area (Å²) < 4.78 is 1.03. The van der Waals surface area contributed by atoms with Crippen LogP contribution >= 0.6 is 15.9 Å². The molecular weight excluding hydrogens is 294 g/mol. The Morgan fingerprint density at radius 3 is 2.72 bits per heavy atom. The molecule has 18 heavy (non-hydrogen) atoms. The van der Waals surface area contributed by atoms with Gasteiger partial charge in [-0.05, 0) is 31.0 Å². The second kappa shape index (κ2) is 5.61. The maximum Gasteiger partial charge on any atom is 0.222 e. The minimum absolute atomic E-state index is 0.139. The van der Waals surface area contributed by atoms with Crippen molar-refractivity contribution in [3.63, 3.8) is 0 Å². The normalized spacial score (nSPS) is 16.7. The second-order valence-corrected chi connectivity index (χ2v) is 5.49. The van der Waals surface area contributed by atoms with Crippen molar-refractivity contribution in [3.8, 4) is 0 Å². The molecule has 2 rings (SSSR count). The zero-order valence-electron chi connectivity index (χ0n) is 10.4. The standard InChI is InChI=1S/C13H18BrN3O/c1-16-13(18)9-4-6-17(7-5-9)12-8-10(14)2-3-11(12)15/h2-3,8-9H,4-7,15H2,1H3,(H,16,18). The fraction of sp³-hybridized carbons (Fsp3) is 0.462. The Balaban J connectivity index is 2.05. The summed E-state index contributed by atoms with van der Waals surface area (Å²) >= 11 is 3.46. The van der Waals surface area contributed by atoms with Crippen molar-refractivity contribution in [2.75, 3.05) is 30.8 Å². The fourth-order valence-corrected chi connectivity index (χ4v) is 2.73. The summed E-state index contributed by atoms with van der Waals surface area (Å²) in [7, 11) is 1.70. The predicted octanol–water partition coefficient (Wildman–Crippen LogP) is 1.99. The van der Waals surface area contributed by atoms with E-state index in [2.05, 4.69) is 26.1 Å². The molecule has 1 heterocycles. The molecule has 0 saturated carbocycles. The van der Waals surface area contributed by atoms with E-state index < -0.39 is 0 Å². The third kappa shape index (κ3) is 2.77. The Kier molecular flexibility index (Phi) is 4.11. The average Bonchev–Trinajstić information content (AvgIpc) is 2.41. The molecule has 5 heteroatoms. The smallest absolute Gasteiger partial charge is 0.222 e. The van der Waals surface area contributed by atoms with E-state index in [1.807, 2.05) is 18.2 Å². The highest BCUT2D eigenvalue weighted by molar-refractivity contribution is 9.10. The lowest BCUT2D eigenvalue weighted by Crippen LogP contribution is -2.39. The SMILES string of the molecule is CNC(=O)C1CCN(c2cc(Br)ccc2N)CC1. The summed E-state index contributed by atoms with van der Waals surface area (Å²) in [5.41, 5.74) is 7.84. The molecule has 98 valence electrons. The van der Waals surface area contributed by atoms with Crippen LogP contribution in [0.1, 0.15) is 12.8 Å². The van der Waals surface area contributed by atoms with Gasteiger partial charge < -0.3 is 16.0 Å². The first kappa shape index (κ1) is 13.2. The molecule has 0 aromatic heterocycles. The van der Waals surface area contributed by atoms with Crippen LogP contribution in [-0.4, -0.2) is 26.0 Å². The van der Waals surface area contributed by atoms with Gasteiger partial charge in [0.25, 0.3) is 0 Å². The van der Waals surface area contributed by atoms with Crippen LogP contribution in [0.3, 0.4) is 0 Å². The van der Waals surface area contributed by atoms with Crippen LogP contribution in [0.4, 0.5) is 11.4 Å². The van der Waals surface area contributed by atoms with Crippen LogP contribution in [0.25, 0.3) is 0 Å². The van der Waals surface area contributed by atoms with Crippen LogP contribution in [-0.2, 0) is 4.79 Å². The third-order valence-electron chi connectivity index (χ3n) is 3.45. The number of benzene rings is 1. The Hall–Kier alpha value is -1.23. The van der Waals surface area contributed by atoms with Crippen LogP contribution in [0.15, 0.2) is 22.7 Å². The molecule has 4 nitrogen and oxygen atoms in total. The Morgan fingerprint density at radius 1 is 1.44 bits per heavy atom. The van der Waals surface area contributed by atoms with E-state index in [9.17, 15) is 4.79 Å². The zero-order valence-corrected chi connectivity index (χ0v) is 12.0. The minimum Gasteiger partial charge on any atom is -0.397 e. The Morgan fingerprint density at radius 2 is 2.11 bits per heavy atom. The molecule has 1 aromatic rings. The predicted molar refractivity (Wildman–Crippen MR) is 77.6 cm³/mol. The summed E-state index contributed by atoms with van der Waals surface area (Å²) in [6, 6.07) is 5.88. The van der Waals surface area contributed by atoms with Crippen molar-refractivity contribution in [2.45, 2.75) is 12.8 Å². The molecule has 0 unspecified atom stereocenters. The van der Waals surface area contributed by atoms with Gasteiger partial charge in [0.05, 0.1) is 11.4 Å². The Labute approximate surface area is 116 Å². The lowest BCUT2D eigenvalue weighted by Gasteiger charge is -2.33. The quantitative estimate of drug-likeness (QED) is 0.821. The Bertz CT molecular complexity index is 442. The zero-order chi connectivity index (χ0) is 13.1. The van der Waals surface area contributed by atoms with E-state index in [4.69, 9.17) is 5.73 Å². The number of hydrogen-bond acceptors (Lipinski definition) is 3. The number of nitrogens with two attached hydrogens (primary N) is 1. The molecule has 1 aliphatic rings. The van der Waals surface area contributed by atoms with Gasteiger partial charge >= 0.3 is 0 Å². The molecule has 0 radical (unpaired) electrons. The summed E-state index contributed by atoms with van der Waals surface area (Å²) in [6.45, 7) is 1.75. The minimum atomic E-state index is 0.139. The number of piperidine rings is 1. The van der Waals surface area contributed by atoms with Gasteiger partial charge in [-0.25, -0.2) is 0 Å². The van der Waals surface area contributed by atoms with E-state index in [0.717, 1.165) is 41.8 Å². The highest BCUT2D eigenvalue weighted by Crippen LogP contribution is 2.30. The molecular formula is C13H18BrN3O. The third-order valence-corrected chi connectivity index (χ3v) is 3.94. The van der Waals surface area contributed by atoms with E-state index in [0.29, 0.717) is 0 Å². The summed E-state index contributed by atoms with van der Waals surface area (Å²) in [5.74, 6) is 0.288. The molecule has 0 atom stereocenters. The number of hydrogen-bond donors (Lipinski definition) is 2. The van der Waals surface area contributed by atoms with Gasteiger partial charge in [0.1, 0.15) is 0 Å². The van der Waals surface area contributed by atoms with Gasteiger partial charge in [-0.3, -0.25) is 4.79 Å². The lowest BCUT2D eigenvalue weighted by molar-refractivity contribution is -0.125. The van der Waals surface area contributed by atoms with Crippen molar-refractivity contribution in [1.29, 1.82) is 0 Å². The molecule has 1 saturated heterocycles. The number of anilines is 2. The van der Waals surface area contributed by atoms with Crippen LogP contribution in [0, 0.1) is 5.92 Å². The average molecular weight is 312 g/mol. The van der Waals surface area contributed by atoms with Crippen LogP contribution < -0.4 is 16.0 Å².